The second kappa shape index (κ2) is 10.9. The Labute approximate surface area is 198 Å². The number of sulfonamides is 1. The van der Waals surface area contributed by atoms with E-state index >= 15 is 0 Å². The molecule has 0 heterocycles. The molecule has 3 aromatic rings. The first-order chi connectivity index (χ1) is 16.2. The van der Waals surface area contributed by atoms with E-state index in [0.717, 1.165) is 21.5 Å². The number of nitrogens with one attached hydrogen (secondary N) is 1. The highest BCUT2D eigenvalue weighted by Gasteiger charge is 2.29. The van der Waals surface area contributed by atoms with Crippen LogP contribution in [-0.4, -0.2) is 33.2 Å². The van der Waals surface area contributed by atoms with Gasteiger partial charge in [0.2, 0.25) is 0 Å². The summed E-state index contributed by atoms with van der Waals surface area (Å²) in [5.74, 6) is -0.769. The lowest BCUT2D eigenvalue weighted by Crippen LogP contribution is -2.40. The van der Waals surface area contributed by atoms with Crippen LogP contribution in [0.5, 0.6) is 5.75 Å². The lowest BCUT2D eigenvalue weighted by Gasteiger charge is -2.24. The Morgan fingerprint density at radius 2 is 1.68 bits per heavy atom. The van der Waals surface area contributed by atoms with E-state index < -0.39 is 28.3 Å². The van der Waals surface area contributed by atoms with E-state index in [4.69, 9.17) is 4.74 Å². The molecule has 0 aliphatic rings. The van der Waals surface area contributed by atoms with Crippen molar-refractivity contribution in [1.82, 2.24) is 5.43 Å². The Balaban J connectivity index is 1.83. The van der Waals surface area contributed by atoms with Crippen LogP contribution in [0, 0.1) is 12.7 Å². The zero-order valence-electron chi connectivity index (χ0n) is 19.2. The molecule has 0 saturated carbocycles. The summed E-state index contributed by atoms with van der Waals surface area (Å²) in [5.41, 5.74) is 4.26. The minimum Gasteiger partial charge on any atom is -0.494 e. The van der Waals surface area contributed by atoms with Gasteiger partial charge in [-0.15, -0.1) is 0 Å². The molecule has 0 aliphatic carbocycles. The van der Waals surface area contributed by atoms with E-state index in [1.54, 1.807) is 43.3 Å². The minimum absolute atomic E-state index is 0.0526. The van der Waals surface area contributed by atoms with Gasteiger partial charge in [0, 0.05) is 0 Å². The monoisotopic (exact) mass is 483 g/mol. The average molecular weight is 484 g/mol. The number of anilines is 1. The van der Waals surface area contributed by atoms with Gasteiger partial charge in [-0.1, -0.05) is 29.8 Å². The molecular formula is C25H26FN3O4S. The van der Waals surface area contributed by atoms with Crippen LogP contribution in [0.2, 0.25) is 0 Å². The first kappa shape index (κ1) is 24.9. The van der Waals surface area contributed by atoms with Crippen molar-refractivity contribution in [3.8, 4) is 5.75 Å². The van der Waals surface area contributed by atoms with Crippen LogP contribution in [0.1, 0.15) is 25.0 Å². The van der Waals surface area contributed by atoms with Gasteiger partial charge in [0.1, 0.15) is 18.1 Å². The number of benzene rings is 3. The fourth-order valence-corrected chi connectivity index (χ4v) is 4.56. The molecule has 0 fully saturated rings. The van der Waals surface area contributed by atoms with Crippen molar-refractivity contribution in [2.24, 2.45) is 5.10 Å². The zero-order chi connectivity index (χ0) is 24.7. The minimum atomic E-state index is -4.22. The number of carbonyl (C=O) groups excluding carboxylic acids is 1. The van der Waals surface area contributed by atoms with Crippen molar-refractivity contribution in [3.63, 3.8) is 0 Å². The van der Waals surface area contributed by atoms with Crippen LogP contribution >= 0.6 is 0 Å². The molecule has 7 nitrogen and oxygen atoms in total. The fourth-order valence-electron chi connectivity index (χ4n) is 3.13. The van der Waals surface area contributed by atoms with Gasteiger partial charge in [-0.2, -0.15) is 5.10 Å². The van der Waals surface area contributed by atoms with Crippen LogP contribution in [0.4, 0.5) is 10.1 Å². The predicted molar refractivity (Wildman–Crippen MR) is 130 cm³/mol. The molecule has 34 heavy (non-hydrogen) atoms. The van der Waals surface area contributed by atoms with Gasteiger partial charge in [-0.05, 0) is 74.9 Å². The highest BCUT2D eigenvalue weighted by Crippen LogP contribution is 2.26. The van der Waals surface area contributed by atoms with Crippen molar-refractivity contribution in [2.75, 3.05) is 17.5 Å². The molecule has 1 N–H and O–H groups in total. The molecule has 3 rings (SSSR count). The SMILES string of the molecule is CCOc1ccc(/C(C)=N\NC(=O)CN(c2ccccc2F)S(=O)(=O)c2ccc(C)cc2)cc1. The van der Waals surface area contributed by atoms with Crippen molar-refractivity contribution >= 4 is 27.3 Å². The number of hydrogen-bond acceptors (Lipinski definition) is 5. The number of aryl methyl sites for hydroxylation is 1. The number of halogens is 1. The molecule has 1 amide bonds. The summed E-state index contributed by atoms with van der Waals surface area (Å²) in [5, 5.41) is 4.07. The molecule has 0 spiro atoms. The van der Waals surface area contributed by atoms with Gasteiger partial charge in [0.25, 0.3) is 15.9 Å². The second-order valence-corrected chi connectivity index (χ2v) is 9.33. The number of carbonyl (C=O) groups is 1. The lowest BCUT2D eigenvalue weighted by molar-refractivity contribution is -0.119. The number of para-hydroxylation sites is 1. The van der Waals surface area contributed by atoms with Crippen LogP contribution in [0.15, 0.2) is 82.8 Å². The Morgan fingerprint density at radius 1 is 1.03 bits per heavy atom. The molecular weight excluding hydrogens is 457 g/mol. The summed E-state index contributed by atoms with van der Waals surface area (Å²) in [6.07, 6.45) is 0. The number of rotatable bonds is 9. The van der Waals surface area contributed by atoms with E-state index in [9.17, 15) is 17.6 Å². The third-order valence-electron chi connectivity index (χ3n) is 4.95. The molecule has 0 atom stereocenters. The normalized spacial score (nSPS) is 11.7. The third kappa shape index (κ3) is 5.99. The lowest BCUT2D eigenvalue weighted by atomic mass is 10.1. The molecule has 0 radical (unpaired) electrons. The van der Waals surface area contributed by atoms with Crippen LogP contribution in [0.25, 0.3) is 0 Å². The number of hydrazone groups is 1. The summed E-state index contributed by atoms with van der Waals surface area (Å²) in [7, 11) is -4.22. The number of ether oxygens (including phenoxy) is 1. The van der Waals surface area contributed by atoms with E-state index in [2.05, 4.69) is 10.5 Å². The highest BCUT2D eigenvalue weighted by molar-refractivity contribution is 7.92. The first-order valence-electron chi connectivity index (χ1n) is 10.6. The number of hydrogen-bond donors (Lipinski definition) is 1. The van der Waals surface area contributed by atoms with E-state index in [-0.39, 0.29) is 10.6 Å². The second-order valence-electron chi connectivity index (χ2n) is 7.47. The van der Waals surface area contributed by atoms with E-state index in [0.29, 0.717) is 18.1 Å². The molecule has 178 valence electrons. The van der Waals surface area contributed by atoms with Gasteiger partial charge in [-0.3, -0.25) is 9.10 Å². The van der Waals surface area contributed by atoms with Gasteiger partial charge in [0.05, 0.1) is 22.9 Å². The summed E-state index contributed by atoms with van der Waals surface area (Å²) in [6, 6.07) is 18.7. The topological polar surface area (TPSA) is 88.1 Å². The van der Waals surface area contributed by atoms with E-state index in [1.165, 1.54) is 30.3 Å². The average Bonchev–Trinajstić information content (AvgIpc) is 2.82. The summed E-state index contributed by atoms with van der Waals surface area (Å²) < 4.78 is 47.3. The maximum Gasteiger partial charge on any atom is 0.264 e. The van der Waals surface area contributed by atoms with Crippen molar-refractivity contribution in [2.45, 2.75) is 25.7 Å². The maximum atomic E-state index is 14.5. The molecule has 0 aromatic heterocycles. The zero-order valence-corrected chi connectivity index (χ0v) is 20.0. The number of amides is 1. The van der Waals surface area contributed by atoms with E-state index in [1.807, 2.05) is 13.8 Å². The van der Waals surface area contributed by atoms with Gasteiger partial charge >= 0.3 is 0 Å². The summed E-state index contributed by atoms with van der Waals surface area (Å²) in [4.78, 5) is 12.6. The maximum absolute atomic E-state index is 14.5. The van der Waals surface area contributed by atoms with Crippen molar-refractivity contribution in [3.05, 3.63) is 89.7 Å². The quantitative estimate of drug-likeness (QED) is 0.364. The smallest absolute Gasteiger partial charge is 0.264 e. The number of nitrogens with zero attached hydrogens (tertiary/aromatic N) is 2. The van der Waals surface area contributed by atoms with Gasteiger partial charge in [0.15, 0.2) is 0 Å². The molecule has 0 saturated heterocycles. The molecule has 0 aliphatic heterocycles. The van der Waals surface area contributed by atoms with Gasteiger partial charge in [-0.25, -0.2) is 18.2 Å². The molecule has 3 aromatic carbocycles. The highest BCUT2D eigenvalue weighted by atomic mass is 32.2. The molecule has 0 bridgehead atoms. The summed E-state index contributed by atoms with van der Waals surface area (Å²) in [6.45, 7) is 5.31. The van der Waals surface area contributed by atoms with Crippen molar-refractivity contribution in [1.29, 1.82) is 0 Å². The standard InChI is InChI=1S/C25H26FN3O4S/c1-4-33-21-13-11-20(12-14-21)19(3)27-28-25(30)17-29(24-8-6-5-7-23(24)26)34(31,32)22-15-9-18(2)10-16-22/h5-16H,4,17H2,1-3H3,(H,28,30)/b27-19-. The fraction of sp³-hybridized carbons (Fsp3) is 0.200. The first-order valence-corrected chi connectivity index (χ1v) is 12.1. The molecule has 0 unspecified atom stereocenters. The molecule has 9 heteroatoms. The Morgan fingerprint density at radius 3 is 2.29 bits per heavy atom. The Bertz CT molecular complexity index is 1270. The summed E-state index contributed by atoms with van der Waals surface area (Å²) >= 11 is 0. The Hall–Kier alpha value is -3.72. The largest absolute Gasteiger partial charge is 0.494 e. The van der Waals surface area contributed by atoms with Crippen molar-refractivity contribution < 1.29 is 22.3 Å². The Kier molecular flexibility index (Phi) is 8.01. The third-order valence-corrected chi connectivity index (χ3v) is 6.72. The predicted octanol–water partition coefficient (Wildman–Crippen LogP) is 4.27. The van der Waals surface area contributed by atoms with Crippen LogP contribution in [-0.2, 0) is 14.8 Å². The van der Waals surface area contributed by atoms with Crippen LogP contribution in [0.3, 0.4) is 0 Å². The van der Waals surface area contributed by atoms with Crippen LogP contribution < -0.4 is 14.5 Å². The van der Waals surface area contributed by atoms with Gasteiger partial charge < -0.3 is 4.74 Å².